The number of aliphatic imine (C=N–C) groups is 1. The van der Waals surface area contributed by atoms with Crippen molar-refractivity contribution in [1.29, 1.82) is 5.41 Å². The second kappa shape index (κ2) is 11.0. The molecule has 2 heterocycles. The third-order valence-corrected chi connectivity index (χ3v) is 6.45. The van der Waals surface area contributed by atoms with Crippen molar-refractivity contribution in [2.45, 2.75) is 34.1 Å². The Morgan fingerprint density at radius 2 is 1.81 bits per heavy atom. The molecule has 2 aromatic rings. The molecule has 2 aliphatic rings. The summed E-state index contributed by atoms with van der Waals surface area (Å²) in [4.78, 5) is 16.8. The topological polar surface area (TPSA) is 96.6 Å². The van der Waals surface area contributed by atoms with E-state index < -0.39 is 5.91 Å². The Labute approximate surface area is 215 Å². The number of hydrogen-bond donors (Lipinski definition) is 1. The van der Waals surface area contributed by atoms with Crippen molar-refractivity contribution >= 4 is 39.8 Å². The molecule has 2 aromatic carbocycles. The number of ether oxygens (including phenoxy) is 3. The van der Waals surface area contributed by atoms with Crippen molar-refractivity contribution in [3.8, 4) is 17.2 Å². The standard InChI is InChI=1S/C27H30N4O4S/c1-16(2)12-24-30-31-25(28)20(26(32)29-27(31)36-24)14-19-8-9-21(23(15-19)33-5)34-10-11-35-22-13-17(3)6-7-18(22)4/h6-9,13-16,28H,10-12H2,1-5H3. The fourth-order valence-electron chi connectivity index (χ4n) is 3.69. The Hall–Kier alpha value is -3.59. The van der Waals surface area contributed by atoms with Gasteiger partial charge in [-0.2, -0.15) is 15.1 Å². The maximum Gasteiger partial charge on any atom is 0.283 e. The molecule has 0 fully saturated rings. The summed E-state index contributed by atoms with van der Waals surface area (Å²) >= 11 is 1.35. The van der Waals surface area contributed by atoms with Crippen LogP contribution in [0.4, 0.5) is 0 Å². The van der Waals surface area contributed by atoms with Crippen LogP contribution in [0.15, 0.2) is 52.1 Å². The predicted octanol–water partition coefficient (Wildman–Crippen LogP) is 5.44. The van der Waals surface area contributed by atoms with Gasteiger partial charge in [0.1, 0.15) is 24.0 Å². The van der Waals surface area contributed by atoms with E-state index in [1.165, 1.54) is 16.8 Å². The van der Waals surface area contributed by atoms with E-state index in [2.05, 4.69) is 30.0 Å². The van der Waals surface area contributed by atoms with Crippen molar-refractivity contribution in [3.63, 3.8) is 0 Å². The molecule has 0 aliphatic carbocycles. The third kappa shape index (κ3) is 5.79. The summed E-state index contributed by atoms with van der Waals surface area (Å²) in [5, 5.41) is 15.7. The van der Waals surface area contributed by atoms with Gasteiger partial charge in [0, 0.05) is 6.42 Å². The number of amides is 1. The minimum absolute atomic E-state index is 0.0131. The number of benzene rings is 2. The van der Waals surface area contributed by atoms with Gasteiger partial charge in [-0.05, 0) is 72.5 Å². The predicted molar refractivity (Wildman–Crippen MR) is 144 cm³/mol. The highest BCUT2D eigenvalue weighted by atomic mass is 32.2. The molecule has 0 radical (unpaired) electrons. The van der Waals surface area contributed by atoms with Gasteiger partial charge in [0.25, 0.3) is 5.91 Å². The van der Waals surface area contributed by atoms with Crippen LogP contribution in [0.1, 0.15) is 37.0 Å². The Bertz CT molecular complexity index is 1280. The number of fused-ring (bicyclic) bond motifs is 1. The third-order valence-electron chi connectivity index (χ3n) is 5.52. The molecule has 2 aliphatic heterocycles. The summed E-state index contributed by atoms with van der Waals surface area (Å²) in [6.45, 7) is 8.96. The van der Waals surface area contributed by atoms with Crippen molar-refractivity contribution in [2.24, 2.45) is 16.0 Å². The molecular formula is C27H30N4O4S. The van der Waals surface area contributed by atoms with E-state index in [9.17, 15) is 4.79 Å². The lowest BCUT2D eigenvalue weighted by molar-refractivity contribution is -0.114. The molecule has 0 spiro atoms. The van der Waals surface area contributed by atoms with E-state index in [4.69, 9.17) is 19.6 Å². The average Bonchev–Trinajstić information content (AvgIpc) is 3.23. The number of rotatable bonds is 9. The number of hydrogen-bond acceptors (Lipinski definition) is 7. The molecule has 9 heteroatoms. The van der Waals surface area contributed by atoms with Gasteiger partial charge in [-0.25, -0.2) is 0 Å². The number of carbonyl (C=O) groups excluding carboxylic acids is 1. The normalized spacial score (nSPS) is 16.3. The van der Waals surface area contributed by atoms with Crippen LogP contribution in [0.25, 0.3) is 6.08 Å². The number of hydrazone groups is 1. The zero-order valence-corrected chi connectivity index (χ0v) is 21.9. The Kier molecular flexibility index (Phi) is 7.79. The molecular weight excluding hydrogens is 476 g/mol. The number of thioether (sulfide) groups is 1. The van der Waals surface area contributed by atoms with E-state index in [0.717, 1.165) is 28.3 Å². The fourth-order valence-corrected chi connectivity index (χ4v) is 4.79. The van der Waals surface area contributed by atoms with E-state index in [0.29, 0.717) is 41.4 Å². The van der Waals surface area contributed by atoms with E-state index in [-0.39, 0.29) is 11.4 Å². The fraction of sp³-hybridized carbons (Fsp3) is 0.333. The van der Waals surface area contributed by atoms with Crippen molar-refractivity contribution in [1.82, 2.24) is 5.01 Å². The minimum Gasteiger partial charge on any atom is -0.493 e. The van der Waals surface area contributed by atoms with Gasteiger partial charge in [0.15, 0.2) is 17.3 Å². The lowest BCUT2D eigenvalue weighted by Crippen LogP contribution is -2.35. The maximum atomic E-state index is 12.7. The smallest absolute Gasteiger partial charge is 0.283 e. The molecule has 36 heavy (non-hydrogen) atoms. The SMILES string of the molecule is COc1cc(C=C2C(=N)N3N=C(CC(C)C)SC3=NC2=O)ccc1OCCOc1cc(C)ccc1C. The lowest BCUT2D eigenvalue weighted by Gasteiger charge is -2.20. The summed E-state index contributed by atoms with van der Waals surface area (Å²) in [6, 6.07) is 11.4. The van der Waals surface area contributed by atoms with Crippen LogP contribution in [-0.4, -0.2) is 47.3 Å². The summed E-state index contributed by atoms with van der Waals surface area (Å²) in [7, 11) is 1.56. The highest BCUT2D eigenvalue weighted by Gasteiger charge is 2.35. The Morgan fingerprint density at radius 3 is 2.53 bits per heavy atom. The van der Waals surface area contributed by atoms with Gasteiger partial charge < -0.3 is 14.2 Å². The quantitative estimate of drug-likeness (QED) is 0.360. The largest absolute Gasteiger partial charge is 0.493 e. The molecule has 1 N–H and O–H groups in total. The van der Waals surface area contributed by atoms with Crippen LogP contribution in [-0.2, 0) is 4.79 Å². The minimum atomic E-state index is -0.456. The first-order valence-electron chi connectivity index (χ1n) is 11.7. The summed E-state index contributed by atoms with van der Waals surface area (Å²) in [5.41, 5.74) is 3.08. The monoisotopic (exact) mass is 506 g/mol. The van der Waals surface area contributed by atoms with Gasteiger partial charge in [0.05, 0.1) is 12.7 Å². The van der Waals surface area contributed by atoms with Gasteiger partial charge in [-0.3, -0.25) is 10.2 Å². The molecule has 0 atom stereocenters. The van der Waals surface area contributed by atoms with Crippen molar-refractivity contribution in [3.05, 3.63) is 58.7 Å². The first-order chi connectivity index (χ1) is 17.2. The molecule has 0 aromatic heterocycles. The molecule has 4 rings (SSSR count). The number of nitrogens with one attached hydrogen (secondary N) is 1. The van der Waals surface area contributed by atoms with Crippen molar-refractivity contribution in [2.75, 3.05) is 20.3 Å². The summed E-state index contributed by atoms with van der Waals surface area (Å²) < 4.78 is 17.2. The van der Waals surface area contributed by atoms with Crippen LogP contribution in [0.5, 0.6) is 17.2 Å². The molecule has 0 unspecified atom stereocenters. The molecule has 8 nitrogen and oxygen atoms in total. The molecule has 0 bridgehead atoms. The summed E-state index contributed by atoms with van der Waals surface area (Å²) in [5.74, 6) is 1.90. The van der Waals surface area contributed by atoms with Crippen LogP contribution in [0, 0.1) is 25.2 Å². The van der Waals surface area contributed by atoms with Gasteiger partial charge in [-0.1, -0.05) is 32.0 Å². The molecule has 0 saturated carbocycles. The maximum absolute atomic E-state index is 12.7. The number of nitrogens with zero attached hydrogens (tertiary/aromatic N) is 3. The number of aryl methyl sites for hydroxylation is 2. The van der Waals surface area contributed by atoms with Gasteiger partial charge >= 0.3 is 0 Å². The van der Waals surface area contributed by atoms with Crippen molar-refractivity contribution < 1.29 is 19.0 Å². The van der Waals surface area contributed by atoms with Crippen LogP contribution >= 0.6 is 11.8 Å². The molecule has 188 valence electrons. The first kappa shape index (κ1) is 25.5. The summed E-state index contributed by atoms with van der Waals surface area (Å²) in [6.07, 6.45) is 2.40. The van der Waals surface area contributed by atoms with Gasteiger partial charge in [0.2, 0.25) is 5.17 Å². The Morgan fingerprint density at radius 1 is 1.06 bits per heavy atom. The average molecular weight is 507 g/mol. The lowest BCUT2D eigenvalue weighted by atomic mass is 10.1. The highest BCUT2D eigenvalue weighted by molar-refractivity contribution is 8.26. The van der Waals surface area contributed by atoms with Crippen LogP contribution < -0.4 is 14.2 Å². The van der Waals surface area contributed by atoms with E-state index in [1.54, 1.807) is 25.3 Å². The van der Waals surface area contributed by atoms with Crippen LogP contribution in [0.3, 0.4) is 0 Å². The second-order valence-electron chi connectivity index (χ2n) is 8.99. The molecule has 0 saturated heterocycles. The van der Waals surface area contributed by atoms with E-state index in [1.807, 2.05) is 32.0 Å². The van der Waals surface area contributed by atoms with E-state index >= 15 is 0 Å². The first-order valence-corrected chi connectivity index (χ1v) is 12.6. The zero-order valence-electron chi connectivity index (χ0n) is 21.1. The highest BCUT2D eigenvalue weighted by Crippen LogP contribution is 2.32. The van der Waals surface area contributed by atoms with Gasteiger partial charge in [-0.15, -0.1) is 0 Å². The second-order valence-corrected chi connectivity index (χ2v) is 10.0. The zero-order chi connectivity index (χ0) is 25.8. The Balaban J connectivity index is 1.44. The number of carbonyl (C=O) groups is 1. The van der Waals surface area contributed by atoms with Crippen LogP contribution in [0.2, 0.25) is 0 Å². The molecule has 1 amide bonds. The number of amidine groups is 2. The number of methoxy groups -OCH3 is 1.